The Balaban J connectivity index is 1.31. The third-order valence-electron chi connectivity index (χ3n) is 4.65. The number of aliphatic imine (C=N–C) groups is 1. The van der Waals surface area contributed by atoms with Crippen LogP contribution in [0.15, 0.2) is 41.4 Å². The molecule has 0 saturated carbocycles. The minimum absolute atomic E-state index is 0.106. The second kappa shape index (κ2) is 9.14. The van der Waals surface area contributed by atoms with Crippen molar-refractivity contribution in [1.29, 1.82) is 0 Å². The summed E-state index contributed by atoms with van der Waals surface area (Å²) in [7, 11) is 0. The van der Waals surface area contributed by atoms with Crippen LogP contribution in [0.3, 0.4) is 0 Å². The van der Waals surface area contributed by atoms with Gasteiger partial charge in [-0.05, 0) is 53.9 Å². The highest BCUT2D eigenvalue weighted by Gasteiger charge is 2.30. The van der Waals surface area contributed by atoms with E-state index in [-0.39, 0.29) is 17.1 Å². The Hall–Kier alpha value is -1.80. The van der Waals surface area contributed by atoms with E-state index >= 15 is 0 Å². The van der Waals surface area contributed by atoms with Gasteiger partial charge in [0.25, 0.3) is 0 Å². The Morgan fingerprint density at radius 3 is 2.57 bits per heavy atom. The summed E-state index contributed by atoms with van der Waals surface area (Å²) in [6.45, 7) is 4.79. The highest BCUT2D eigenvalue weighted by molar-refractivity contribution is 8.27. The van der Waals surface area contributed by atoms with Crippen LogP contribution in [0.2, 0.25) is 10.0 Å². The number of nitrogens with zero attached hydrogens (tertiary/aromatic N) is 2. The Bertz CT molecular complexity index is 1070. The number of thioether (sulfide) groups is 1. The maximum Gasteiger partial charge on any atom is 0.221 e. The fourth-order valence-electron chi connectivity index (χ4n) is 3.03. The van der Waals surface area contributed by atoms with Crippen LogP contribution in [0.5, 0.6) is 0 Å². The first-order valence-electron chi connectivity index (χ1n) is 9.54. The predicted octanol–water partition coefficient (Wildman–Crippen LogP) is 6.32. The van der Waals surface area contributed by atoms with Crippen LogP contribution in [-0.2, 0) is 11.2 Å². The number of carbonyl (C=O) groups is 1. The number of amidine groups is 1. The second-order valence-electron chi connectivity index (χ2n) is 7.30. The molecule has 0 radical (unpaired) electrons. The summed E-state index contributed by atoms with van der Waals surface area (Å²) in [5, 5.41) is 9.28. The number of benzene rings is 2. The monoisotopic (exact) mass is 478 g/mol. The van der Waals surface area contributed by atoms with Crippen LogP contribution in [0.25, 0.3) is 10.2 Å². The summed E-state index contributed by atoms with van der Waals surface area (Å²) >= 11 is 14.9. The van der Waals surface area contributed by atoms with Gasteiger partial charge in [-0.15, -0.1) is 0 Å². The van der Waals surface area contributed by atoms with Gasteiger partial charge in [-0.3, -0.25) is 4.79 Å². The Kier molecular flexibility index (Phi) is 6.53. The van der Waals surface area contributed by atoms with E-state index in [2.05, 4.69) is 32.7 Å². The number of aromatic nitrogens is 1. The summed E-state index contributed by atoms with van der Waals surface area (Å²) in [4.78, 5) is 21.0. The zero-order valence-electron chi connectivity index (χ0n) is 16.4. The van der Waals surface area contributed by atoms with Crippen LogP contribution in [0.4, 0.5) is 10.8 Å². The summed E-state index contributed by atoms with van der Waals surface area (Å²) in [6.07, 6.45) is 0.862. The summed E-state index contributed by atoms with van der Waals surface area (Å²) in [6, 6.07) is 11.5. The molecule has 0 saturated heterocycles. The van der Waals surface area contributed by atoms with Gasteiger partial charge < -0.3 is 10.6 Å². The van der Waals surface area contributed by atoms with Gasteiger partial charge in [0.1, 0.15) is 6.04 Å². The molecule has 1 aromatic heterocycles. The Morgan fingerprint density at radius 2 is 1.87 bits per heavy atom. The molecule has 4 rings (SSSR count). The van der Waals surface area contributed by atoms with Gasteiger partial charge in [-0.2, -0.15) is 0 Å². The molecular formula is C21H20Cl2N4OS2. The van der Waals surface area contributed by atoms with Crippen LogP contribution in [0, 0.1) is 5.92 Å². The average Bonchev–Trinajstić information content (AvgIpc) is 3.26. The number of anilines is 2. The largest absolute Gasteiger partial charge is 0.361 e. The molecule has 0 unspecified atom stereocenters. The van der Waals surface area contributed by atoms with E-state index in [1.54, 1.807) is 17.4 Å². The second-order valence-corrected chi connectivity index (χ2v) is 10.1. The van der Waals surface area contributed by atoms with Gasteiger partial charge in [-0.1, -0.05) is 60.5 Å². The van der Waals surface area contributed by atoms with Crippen molar-refractivity contribution in [2.45, 2.75) is 26.3 Å². The van der Waals surface area contributed by atoms with Crippen LogP contribution >= 0.6 is 46.3 Å². The molecule has 5 nitrogen and oxygen atoms in total. The van der Waals surface area contributed by atoms with Crippen molar-refractivity contribution in [2.75, 3.05) is 17.2 Å². The lowest BCUT2D eigenvalue weighted by Crippen LogP contribution is -2.17. The van der Waals surface area contributed by atoms with Crippen molar-refractivity contribution in [3.8, 4) is 0 Å². The van der Waals surface area contributed by atoms with E-state index in [1.807, 2.05) is 32.0 Å². The molecule has 2 aromatic carbocycles. The fraction of sp³-hybridized carbons (Fsp3) is 0.286. The van der Waals surface area contributed by atoms with Crippen molar-refractivity contribution < 1.29 is 4.79 Å². The standard InChI is InChI=1S/C21H20Cl2N4OS2/c1-11(2)18-19(28)30-21(27-18)25-13-5-3-12(4-6-13)7-8-24-20-26-16-9-14(22)15(23)10-17(16)29-20/h3-6,9-11,18H,7-8H2,1-2H3,(H,24,26)(H,25,27)/t18-/m0/s1. The van der Waals surface area contributed by atoms with Crippen LogP contribution < -0.4 is 10.6 Å². The van der Waals surface area contributed by atoms with Crippen molar-refractivity contribution in [3.63, 3.8) is 0 Å². The Morgan fingerprint density at radius 1 is 1.13 bits per heavy atom. The average molecular weight is 479 g/mol. The van der Waals surface area contributed by atoms with Crippen molar-refractivity contribution in [2.24, 2.45) is 10.9 Å². The molecule has 30 heavy (non-hydrogen) atoms. The van der Waals surface area contributed by atoms with E-state index < -0.39 is 0 Å². The summed E-state index contributed by atoms with van der Waals surface area (Å²) in [5.74, 6) is 0.212. The molecule has 2 N–H and O–H groups in total. The maximum absolute atomic E-state index is 12.0. The van der Waals surface area contributed by atoms with E-state index in [4.69, 9.17) is 23.2 Å². The molecule has 1 atom stereocenters. The molecule has 0 amide bonds. The number of rotatable bonds is 6. The van der Waals surface area contributed by atoms with Crippen LogP contribution in [-0.4, -0.2) is 27.9 Å². The molecule has 1 aliphatic heterocycles. The minimum Gasteiger partial charge on any atom is -0.361 e. The van der Waals surface area contributed by atoms with E-state index in [1.165, 1.54) is 17.3 Å². The quantitative estimate of drug-likeness (QED) is 0.433. The summed E-state index contributed by atoms with van der Waals surface area (Å²) in [5.41, 5.74) is 2.98. The molecule has 1 aliphatic rings. The molecule has 156 valence electrons. The number of halogens is 2. The highest BCUT2D eigenvalue weighted by atomic mass is 35.5. The lowest BCUT2D eigenvalue weighted by Gasteiger charge is -2.07. The van der Waals surface area contributed by atoms with E-state index in [0.717, 1.165) is 34.0 Å². The first kappa shape index (κ1) is 21.4. The van der Waals surface area contributed by atoms with E-state index in [0.29, 0.717) is 15.2 Å². The van der Waals surface area contributed by atoms with E-state index in [9.17, 15) is 4.79 Å². The number of fused-ring (bicyclic) bond motifs is 1. The first-order chi connectivity index (χ1) is 14.4. The normalized spacial score (nSPS) is 16.4. The third kappa shape index (κ3) is 4.91. The molecule has 0 fully saturated rings. The van der Waals surface area contributed by atoms with Gasteiger partial charge in [0, 0.05) is 12.2 Å². The van der Waals surface area contributed by atoms with Gasteiger partial charge in [0.05, 0.1) is 20.3 Å². The van der Waals surface area contributed by atoms with Gasteiger partial charge >= 0.3 is 0 Å². The van der Waals surface area contributed by atoms with Crippen LogP contribution in [0.1, 0.15) is 19.4 Å². The molecular weight excluding hydrogens is 459 g/mol. The molecule has 0 aliphatic carbocycles. The van der Waals surface area contributed by atoms with Crippen molar-refractivity contribution in [1.82, 2.24) is 4.98 Å². The molecule has 3 aromatic rings. The number of hydrogen-bond donors (Lipinski definition) is 2. The van der Waals surface area contributed by atoms with Gasteiger partial charge in [0.2, 0.25) is 5.12 Å². The smallest absolute Gasteiger partial charge is 0.221 e. The first-order valence-corrected chi connectivity index (χ1v) is 11.9. The van der Waals surface area contributed by atoms with Crippen molar-refractivity contribution in [3.05, 3.63) is 52.0 Å². The number of thiazole rings is 1. The van der Waals surface area contributed by atoms with Gasteiger partial charge in [-0.25, -0.2) is 9.98 Å². The number of nitrogens with one attached hydrogen (secondary N) is 2. The number of carbonyl (C=O) groups excluding carboxylic acids is 1. The molecule has 9 heteroatoms. The lowest BCUT2D eigenvalue weighted by molar-refractivity contribution is -0.112. The molecule has 0 bridgehead atoms. The number of hydrogen-bond acceptors (Lipinski definition) is 7. The third-order valence-corrected chi connectivity index (χ3v) is 7.19. The Labute approximate surface area is 193 Å². The lowest BCUT2D eigenvalue weighted by atomic mass is 10.1. The highest BCUT2D eigenvalue weighted by Crippen LogP contribution is 2.33. The van der Waals surface area contributed by atoms with Crippen molar-refractivity contribution >= 4 is 77.6 Å². The fourth-order valence-corrected chi connectivity index (χ4v) is 5.30. The zero-order valence-corrected chi connectivity index (χ0v) is 19.6. The minimum atomic E-state index is -0.252. The topological polar surface area (TPSA) is 66.4 Å². The summed E-state index contributed by atoms with van der Waals surface area (Å²) < 4.78 is 1.01. The zero-order chi connectivity index (χ0) is 21.3. The maximum atomic E-state index is 12.0. The molecule has 0 spiro atoms. The molecule has 2 heterocycles. The predicted molar refractivity (Wildman–Crippen MR) is 131 cm³/mol. The van der Waals surface area contributed by atoms with Gasteiger partial charge in [0.15, 0.2) is 10.3 Å². The SMILES string of the molecule is CC(C)[C@@H]1N=C(Nc2ccc(CCNc3nc4cc(Cl)c(Cl)cc4s3)cc2)SC1=O.